The second-order valence-corrected chi connectivity index (χ2v) is 6.10. The van der Waals surface area contributed by atoms with Crippen molar-refractivity contribution in [2.75, 3.05) is 20.2 Å². The van der Waals surface area contributed by atoms with Gasteiger partial charge >= 0.3 is 6.03 Å². The van der Waals surface area contributed by atoms with E-state index in [4.69, 9.17) is 16.7 Å². The van der Waals surface area contributed by atoms with Gasteiger partial charge in [-0.3, -0.25) is 4.90 Å². The first-order chi connectivity index (χ1) is 10.4. The maximum Gasteiger partial charge on any atom is 0.315 e. The first-order valence-corrected chi connectivity index (χ1v) is 7.63. The number of hydrogen-bond acceptors (Lipinski definition) is 3. The van der Waals surface area contributed by atoms with Crippen LogP contribution in [0.3, 0.4) is 0 Å². The fraction of sp³-hybridized carbons (Fsp3) is 0.533. The van der Waals surface area contributed by atoms with E-state index in [1.54, 1.807) is 13.0 Å². The summed E-state index contributed by atoms with van der Waals surface area (Å²) >= 11 is 5.73. The summed E-state index contributed by atoms with van der Waals surface area (Å²) in [4.78, 5) is 14.0. The zero-order valence-corrected chi connectivity index (χ0v) is 13.4. The van der Waals surface area contributed by atoms with Crippen molar-refractivity contribution in [1.82, 2.24) is 15.5 Å². The maximum atomic E-state index is 13.7. The van der Waals surface area contributed by atoms with E-state index in [-0.39, 0.29) is 35.8 Å². The number of nitrogens with one attached hydrogen (secondary N) is 2. The van der Waals surface area contributed by atoms with Gasteiger partial charge in [0.1, 0.15) is 5.82 Å². The molecule has 1 heterocycles. The standard InChI is InChI=1S/C15H21ClFN3O2/c1-9(8-21)18-15(22)19-13-5-6-20(2)14(13)10-3-4-11(16)12(17)7-10/h3-4,7,9,13-14,21H,5-6,8H2,1-2H3,(H2,18,19,22)/t9-,13?,14?/m0/s1. The van der Waals surface area contributed by atoms with Crippen LogP contribution in [0.1, 0.15) is 24.9 Å². The molecule has 2 amide bonds. The number of likely N-dealkylation sites (tertiary alicyclic amines) is 1. The Morgan fingerprint density at radius 3 is 2.95 bits per heavy atom. The molecule has 0 aromatic heterocycles. The minimum absolute atomic E-state index is 0.0865. The summed E-state index contributed by atoms with van der Waals surface area (Å²) in [5.74, 6) is -0.462. The largest absolute Gasteiger partial charge is 0.394 e. The van der Waals surface area contributed by atoms with Crippen LogP contribution in [0.15, 0.2) is 18.2 Å². The van der Waals surface area contributed by atoms with Crippen LogP contribution in [0.2, 0.25) is 5.02 Å². The fourth-order valence-corrected chi connectivity index (χ4v) is 2.88. The van der Waals surface area contributed by atoms with Gasteiger partial charge in [-0.05, 0) is 38.1 Å². The van der Waals surface area contributed by atoms with E-state index < -0.39 is 5.82 Å². The van der Waals surface area contributed by atoms with Gasteiger partial charge in [0.25, 0.3) is 0 Å². The third kappa shape index (κ3) is 3.88. The van der Waals surface area contributed by atoms with Crippen LogP contribution in [0, 0.1) is 5.82 Å². The van der Waals surface area contributed by atoms with E-state index in [1.807, 2.05) is 7.05 Å². The van der Waals surface area contributed by atoms with E-state index >= 15 is 0 Å². The molecule has 1 aliphatic heterocycles. The molecule has 7 heteroatoms. The molecule has 0 aliphatic carbocycles. The van der Waals surface area contributed by atoms with E-state index in [0.29, 0.717) is 0 Å². The Morgan fingerprint density at radius 1 is 1.59 bits per heavy atom. The number of benzene rings is 1. The number of urea groups is 1. The third-order valence-corrected chi connectivity index (χ3v) is 4.21. The predicted octanol–water partition coefficient (Wildman–Crippen LogP) is 1.90. The van der Waals surface area contributed by atoms with Gasteiger partial charge in [0.15, 0.2) is 0 Å². The summed E-state index contributed by atoms with van der Waals surface area (Å²) in [5, 5.41) is 14.6. The second-order valence-electron chi connectivity index (χ2n) is 5.70. The van der Waals surface area contributed by atoms with Crippen LogP contribution in [0.5, 0.6) is 0 Å². The molecule has 5 nitrogen and oxygen atoms in total. The second kappa shape index (κ2) is 7.26. The number of amides is 2. The van der Waals surface area contributed by atoms with Crippen LogP contribution < -0.4 is 10.6 Å². The topological polar surface area (TPSA) is 64.6 Å². The lowest BCUT2D eigenvalue weighted by molar-refractivity contribution is 0.213. The minimum atomic E-state index is -0.462. The highest BCUT2D eigenvalue weighted by Gasteiger charge is 2.34. The molecule has 3 N–H and O–H groups in total. The van der Waals surface area contributed by atoms with E-state index in [1.165, 1.54) is 12.1 Å². The molecule has 122 valence electrons. The van der Waals surface area contributed by atoms with Gasteiger partial charge in [-0.1, -0.05) is 17.7 Å². The molecule has 2 unspecified atom stereocenters. The number of carbonyl (C=O) groups is 1. The van der Waals surface area contributed by atoms with Gasteiger partial charge in [0.2, 0.25) is 0 Å². The number of likely N-dealkylation sites (N-methyl/N-ethyl adjacent to an activating group) is 1. The van der Waals surface area contributed by atoms with Crippen LogP contribution in [-0.4, -0.2) is 48.3 Å². The number of rotatable bonds is 4. The monoisotopic (exact) mass is 329 g/mol. The first-order valence-electron chi connectivity index (χ1n) is 7.25. The summed E-state index contributed by atoms with van der Waals surface area (Å²) in [7, 11) is 1.94. The highest BCUT2D eigenvalue weighted by atomic mass is 35.5. The summed E-state index contributed by atoms with van der Waals surface area (Å²) in [6.07, 6.45) is 0.770. The molecule has 1 aromatic rings. The van der Waals surface area contributed by atoms with Crippen molar-refractivity contribution in [3.8, 4) is 0 Å². The predicted molar refractivity (Wildman–Crippen MR) is 83.4 cm³/mol. The zero-order chi connectivity index (χ0) is 16.3. The molecule has 0 bridgehead atoms. The highest BCUT2D eigenvalue weighted by Crippen LogP contribution is 2.32. The van der Waals surface area contributed by atoms with Crippen molar-refractivity contribution >= 4 is 17.6 Å². The van der Waals surface area contributed by atoms with Crippen LogP contribution in [0.25, 0.3) is 0 Å². The summed E-state index contributed by atoms with van der Waals surface area (Å²) in [5.41, 5.74) is 0.780. The highest BCUT2D eigenvalue weighted by molar-refractivity contribution is 6.30. The Labute approximate surface area is 134 Å². The summed E-state index contributed by atoms with van der Waals surface area (Å²) < 4.78 is 13.7. The van der Waals surface area contributed by atoms with Crippen LogP contribution in [0.4, 0.5) is 9.18 Å². The molecule has 2 rings (SSSR count). The maximum absolute atomic E-state index is 13.7. The lowest BCUT2D eigenvalue weighted by Gasteiger charge is -2.27. The lowest BCUT2D eigenvalue weighted by Crippen LogP contribution is -2.47. The molecular weight excluding hydrogens is 309 g/mol. The molecule has 1 saturated heterocycles. The smallest absolute Gasteiger partial charge is 0.315 e. The minimum Gasteiger partial charge on any atom is -0.394 e. The molecule has 0 spiro atoms. The van der Waals surface area contributed by atoms with Crippen LogP contribution >= 0.6 is 11.6 Å². The number of aliphatic hydroxyl groups excluding tert-OH is 1. The van der Waals surface area contributed by atoms with E-state index in [9.17, 15) is 9.18 Å². The van der Waals surface area contributed by atoms with Gasteiger partial charge in [-0.15, -0.1) is 0 Å². The van der Waals surface area contributed by atoms with Crippen molar-refractivity contribution in [3.63, 3.8) is 0 Å². The van der Waals surface area contributed by atoms with Gasteiger partial charge in [0, 0.05) is 6.54 Å². The van der Waals surface area contributed by atoms with Crippen molar-refractivity contribution < 1.29 is 14.3 Å². The van der Waals surface area contributed by atoms with E-state index in [2.05, 4.69) is 15.5 Å². The number of carbonyl (C=O) groups excluding carboxylic acids is 1. The Kier molecular flexibility index (Phi) is 5.61. The van der Waals surface area contributed by atoms with Gasteiger partial charge in [-0.2, -0.15) is 0 Å². The molecule has 22 heavy (non-hydrogen) atoms. The first kappa shape index (κ1) is 17.0. The van der Waals surface area contributed by atoms with Crippen molar-refractivity contribution in [2.24, 2.45) is 0 Å². The zero-order valence-electron chi connectivity index (χ0n) is 12.6. The summed E-state index contributed by atoms with van der Waals surface area (Å²) in [6.45, 7) is 2.39. The summed E-state index contributed by atoms with van der Waals surface area (Å²) in [6, 6.07) is 3.84. The van der Waals surface area contributed by atoms with Crippen molar-refractivity contribution in [2.45, 2.75) is 31.5 Å². The number of halogens is 2. The molecule has 3 atom stereocenters. The number of hydrogen-bond donors (Lipinski definition) is 3. The molecule has 0 saturated carbocycles. The normalized spacial score (nSPS) is 23.3. The molecule has 1 aromatic carbocycles. The number of aliphatic hydroxyl groups is 1. The van der Waals surface area contributed by atoms with Gasteiger partial charge < -0.3 is 15.7 Å². The Hall–Kier alpha value is -1.37. The Balaban J connectivity index is 2.10. The quantitative estimate of drug-likeness (QED) is 0.790. The fourth-order valence-electron chi connectivity index (χ4n) is 2.76. The average Bonchev–Trinajstić information content (AvgIpc) is 2.82. The molecule has 1 fully saturated rings. The average molecular weight is 330 g/mol. The Bertz CT molecular complexity index is 544. The Morgan fingerprint density at radius 2 is 2.32 bits per heavy atom. The van der Waals surface area contributed by atoms with Gasteiger partial charge in [0.05, 0.1) is 29.8 Å². The molecular formula is C15H21ClFN3O2. The number of nitrogens with zero attached hydrogens (tertiary/aromatic N) is 1. The third-order valence-electron chi connectivity index (χ3n) is 3.90. The van der Waals surface area contributed by atoms with Crippen molar-refractivity contribution in [1.29, 1.82) is 0 Å². The van der Waals surface area contributed by atoms with Gasteiger partial charge in [-0.25, -0.2) is 9.18 Å². The molecule has 1 aliphatic rings. The lowest BCUT2D eigenvalue weighted by atomic mass is 10.00. The SMILES string of the molecule is C[C@@H](CO)NC(=O)NC1CCN(C)C1c1ccc(Cl)c(F)c1. The van der Waals surface area contributed by atoms with Crippen molar-refractivity contribution in [3.05, 3.63) is 34.6 Å². The van der Waals surface area contributed by atoms with E-state index in [0.717, 1.165) is 18.5 Å². The molecule has 0 radical (unpaired) electrons. The van der Waals surface area contributed by atoms with Crippen LogP contribution in [-0.2, 0) is 0 Å².